The molecule has 0 saturated carbocycles. The number of anilines is 1. The smallest absolute Gasteiger partial charge is 0.405 e. The molecule has 116 valence electrons. The summed E-state index contributed by atoms with van der Waals surface area (Å²) in [4.78, 5) is 25.0. The van der Waals surface area contributed by atoms with Crippen LogP contribution in [0.15, 0.2) is 12.3 Å². The summed E-state index contributed by atoms with van der Waals surface area (Å²) in [5.74, 6) is -1.95. The molecule has 7 nitrogen and oxygen atoms in total. The summed E-state index contributed by atoms with van der Waals surface area (Å²) in [6.07, 6.45) is -3.45. The van der Waals surface area contributed by atoms with Gasteiger partial charge in [-0.1, -0.05) is 6.92 Å². The quantitative estimate of drug-likeness (QED) is 0.640. The van der Waals surface area contributed by atoms with Gasteiger partial charge in [0.15, 0.2) is 0 Å². The van der Waals surface area contributed by atoms with Gasteiger partial charge in [0, 0.05) is 18.8 Å². The van der Waals surface area contributed by atoms with Crippen molar-refractivity contribution in [1.82, 2.24) is 4.98 Å². The number of carboxylic acids is 1. The molecule has 1 aromatic heterocycles. The van der Waals surface area contributed by atoms with Crippen molar-refractivity contribution in [2.24, 2.45) is 0 Å². The molecule has 0 amide bonds. The number of carboxylic acid groups (broad SMARTS) is 1. The minimum atomic E-state index is -4.56. The van der Waals surface area contributed by atoms with Crippen LogP contribution in [-0.2, 0) is 0 Å². The number of rotatable bonds is 6. The number of pyridine rings is 1. The summed E-state index contributed by atoms with van der Waals surface area (Å²) >= 11 is 0. The fraction of sp³-hybridized carbons (Fsp3) is 0.455. The van der Waals surface area contributed by atoms with Crippen molar-refractivity contribution in [3.63, 3.8) is 0 Å². The zero-order chi connectivity index (χ0) is 16.2. The highest BCUT2D eigenvalue weighted by Crippen LogP contribution is 2.29. The van der Waals surface area contributed by atoms with E-state index in [1.165, 1.54) is 0 Å². The number of aromatic carboxylic acids is 1. The molecule has 1 N–H and O–H groups in total. The summed E-state index contributed by atoms with van der Waals surface area (Å²) in [6, 6.07) is 0.698. The maximum absolute atomic E-state index is 12.5. The monoisotopic (exact) mass is 307 g/mol. The lowest BCUT2D eigenvalue weighted by Crippen LogP contribution is -2.35. The van der Waals surface area contributed by atoms with E-state index in [4.69, 9.17) is 5.11 Å². The number of nitro groups is 1. The first-order valence-corrected chi connectivity index (χ1v) is 5.85. The molecule has 0 bridgehead atoms. The van der Waals surface area contributed by atoms with Crippen LogP contribution in [-0.4, -0.2) is 40.2 Å². The largest absolute Gasteiger partial charge is 0.478 e. The van der Waals surface area contributed by atoms with Crippen LogP contribution in [0.2, 0.25) is 0 Å². The van der Waals surface area contributed by atoms with Gasteiger partial charge in [-0.2, -0.15) is 13.2 Å². The zero-order valence-electron chi connectivity index (χ0n) is 10.9. The molecule has 0 spiro atoms. The van der Waals surface area contributed by atoms with Gasteiger partial charge in [-0.25, -0.2) is 9.78 Å². The molecule has 0 aliphatic rings. The van der Waals surface area contributed by atoms with Gasteiger partial charge in [-0.15, -0.1) is 0 Å². The second-order valence-corrected chi connectivity index (χ2v) is 4.17. The van der Waals surface area contributed by atoms with E-state index in [1.54, 1.807) is 6.92 Å². The fourth-order valence-electron chi connectivity index (χ4n) is 1.69. The topological polar surface area (TPSA) is 96.6 Å². The number of halogens is 3. The van der Waals surface area contributed by atoms with Crippen molar-refractivity contribution in [3.05, 3.63) is 27.9 Å². The van der Waals surface area contributed by atoms with E-state index in [9.17, 15) is 28.1 Å². The van der Waals surface area contributed by atoms with Gasteiger partial charge in [0.05, 0.1) is 10.5 Å². The molecule has 0 radical (unpaired) electrons. The number of carbonyl (C=O) groups is 1. The van der Waals surface area contributed by atoms with Crippen molar-refractivity contribution in [2.45, 2.75) is 19.5 Å². The Balaban J connectivity index is 3.29. The SMILES string of the molecule is CCCN(CC(F)(F)F)c1ncc(C(=O)O)cc1[N+](=O)[O-]. The first-order chi connectivity index (χ1) is 9.65. The lowest BCUT2D eigenvalue weighted by molar-refractivity contribution is -0.384. The molecular weight excluding hydrogens is 295 g/mol. The highest BCUT2D eigenvalue weighted by atomic mass is 19.4. The standard InChI is InChI=1S/C11H12F3N3O4/c1-2-3-16(6-11(12,13)14)9-8(17(20)21)4-7(5-15-9)10(18)19/h4-5H,2-3,6H2,1H3,(H,18,19). The van der Waals surface area contributed by atoms with E-state index >= 15 is 0 Å². The first kappa shape index (κ1) is 16.7. The Morgan fingerprint density at radius 1 is 1.52 bits per heavy atom. The van der Waals surface area contributed by atoms with E-state index in [0.717, 1.165) is 6.20 Å². The minimum absolute atomic E-state index is 0.0975. The van der Waals surface area contributed by atoms with Gasteiger partial charge in [0.2, 0.25) is 5.82 Å². The third-order valence-corrected chi connectivity index (χ3v) is 2.45. The van der Waals surface area contributed by atoms with Gasteiger partial charge in [-0.3, -0.25) is 10.1 Å². The summed E-state index contributed by atoms with van der Waals surface area (Å²) in [7, 11) is 0. The molecule has 1 aromatic rings. The highest BCUT2D eigenvalue weighted by Gasteiger charge is 2.34. The molecule has 0 unspecified atom stereocenters. The average molecular weight is 307 g/mol. The van der Waals surface area contributed by atoms with Crippen LogP contribution in [0.25, 0.3) is 0 Å². The average Bonchev–Trinajstić information content (AvgIpc) is 2.35. The van der Waals surface area contributed by atoms with Gasteiger partial charge in [-0.05, 0) is 6.42 Å². The number of nitrogens with zero attached hydrogens (tertiary/aromatic N) is 3. The zero-order valence-corrected chi connectivity index (χ0v) is 10.9. The van der Waals surface area contributed by atoms with Crippen LogP contribution < -0.4 is 4.90 Å². The maximum atomic E-state index is 12.5. The third kappa shape index (κ3) is 4.58. The lowest BCUT2D eigenvalue weighted by Gasteiger charge is -2.24. The Labute approximate surface area is 117 Å². The maximum Gasteiger partial charge on any atom is 0.405 e. The molecular formula is C11H12F3N3O4. The lowest BCUT2D eigenvalue weighted by atomic mass is 10.2. The van der Waals surface area contributed by atoms with Crippen molar-refractivity contribution in [3.8, 4) is 0 Å². The van der Waals surface area contributed by atoms with Gasteiger partial charge < -0.3 is 10.0 Å². The number of hydrogen-bond acceptors (Lipinski definition) is 5. The molecule has 0 aliphatic heterocycles. The number of hydrogen-bond donors (Lipinski definition) is 1. The van der Waals surface area contributed by atoms with E-state index in [2.05, 4.69) is 4.98 Å². The van der Waals surface area contributed by atoms with Crippen LogP contribution in [0.3, 0.4) is 0 Å². The van der Waals surface area contributed by atoms with E-state index in [0.29, 0.717) is 17.4 Å². The fourth-order valence-corrected chi connectivity index (χ4v) is 1.69. The molecule has 1 heterocycles. The van der Waals surface area contributed by atoms with E-state index in [1.807, 2.05) is 0 Å². The molecule has 0 fully saturated rings. The predicted molar refractivity (Wildman–Crippen MR) is 66.4 cm³/mol. The molecule has 10 heteroatoms. The van der Waals surface area contributed by atoms with Crippen molar-refractivity contribution in [1.29, 1.82) is 0 Å². The first-order valence-electron chi connectivity index (χ1n) is 5.85. The van der Waals surface area contributed by atoms with Crippen molar-refractivity contribution < 1.29 is 28.0 Å². The van der Waals surface area contributed by atoms with Crippen LogP contribution >= 0.6 is 0 Å². The molecule has 0 aromatic carbocycles. The molecule has 0 saturated heterocycles. The number of aromatic nitrogens is 1. The minimum Gasteiger partial charge on any atom is -0.478 e. The molecule has 21 heavy (non-hydrogen) atoms. The Bertz CT molecular complexity index is 548. The summed E-state index contributed by atoms with van der Waals surface area (Å²) < 4.78 is 37.6. The predicted octanol–water partition coefficient (Wildman–Crippen LogP) is 2.47. The van der Waals surface area contributed by atoms with Crippen LogP contribution in [0.4, 0.5) is 24.7 Å². The second kappa shape index (κ2) is 6.37. The van der Waals surface area contributed by atoms with Crippen molar-refractivity contribution >= 4 is 17.5 Å². The van der Waals surface area contributed by atoms with E-state index < -0.39 is 40.7 Å². The Morgan fingerprint density at radius 2 is 2.14 bits per heavy atom. The Morgan fingerprint density at radius 3 is 2.57 bits per heavy atom. The summed E-state index contributed by atoms with van der Waals surface area (Å²) in [6.45, 7) is 0.113. The molecule has 1 rings (SSSR count). The number of alkyl halides is 3. The van der Waals surface area contributed by atoms with E-state index in [-0.39, 0.29) is 6.54 Å². The van der Waals surface area contributed by atoms with Crippen molar-refractivity contribution in [2.75, 3.05) is 18.0 Å². The van der Waals surface area contributed by atoms with Crippen LogP contribution in [0.5, 0.6) is 0 Å². The summed E-state index contributed by atoms with van der Waals surface area (Å²) in [5, 5.41) is 19.7. The Kier molecular flexibility index (Phi) is 5.06. The second-order valence-electron chi connectivity index (χ2n) is 4.17. The third-order valence-electron chi connectivity index (χ3n) is 2.45. The molecule has 0 aliphatic carbocycles. The van der Waals surface area contributed by atoms with Crippen LogP contribution in [0, 0.1) is 10.1 Å². The highest BCUT2D eigenvalue weighted by molar-refractivity contribution is 5.88. The van der Waals surface area contributed by atoms with Crippen LogP contribution in [0.1, 0.15) is 23.7 Å². The normalized spacial score (nSPS) is 11.2. The molecule has 0 atom stereocenters. The van der Waals surface area contributed by atoms with Gasteiger partial charge >= 0.3 is 17.8 Å². The van der Waals surface area contributed by atoms with Gasteiger partial charge in [0.25, 0.3) is 0 Å². The van der Waals surface area contributed by atoms with Gasteiger partial charge in [0.1, 0.15) is 6.54 Å². The Hall–Kier alpha value is -2.39. The summed E-state index contributed by atoms with van der Waals surface area (Å²) in [5.41, 5.74) is -1.23.